The first-order valence-electron chi connectivity index (χ1n) is 27.0. The molecular weight excluding hydrogens is 769 g/mol. The number of unbranched alkanes of at least 4 members (excludes halogenated alkanes) is 32. The molecule has 6 nitrogen and oxygen atoms in total. The van der Waals surface area contributed by atoms with Gasteiger partial charge in [0.15, 0.2) is 6.10 Å². The summed E-state index contributed by atoms with van der Waals surface area (Å²) in [6, 6.07) is 0. The highest BCUT2D eigenvalue weighted by Gasteiger charge is 2.19. The Kier molecular flexibility index (Phi) is 49.3. The van der Waals surface area contributed by atoms with Gasteiger partial charge in [0.25, 0.3) is 0 Å². The lowest BCUT2D eigenvalue weighted by Gasteiger charge is -2.18. The number of rotatable bonds is 49. The van der Waals surface area contributed by atoms with Crippen LogP contribution in [0.5, 0.6) is 0 Å². The summed E-state index contributed by atoms with van der Waals surface area (Å²) < 4.78 is 16.8. The lowest BCUT2D eigenvalue weighted by atomic mass is 10.0. The van der Waals surface area contributed by atoms with Crippen molar-refractivity contribution in [2.75, 3.05) is 13.2 Å². The fraction of sp³-hybridized carbons (Fsp3) is 0.839. The molecule has 0 aliphatic heterocycles. The van der Waals surface area contributed by atoms with Gasteiger partial charge in [-0.25, -0.2) is 0 Å². The number of hydrogen-bond acceptors (Lipinski definition) is 6. The molecule has 0 amide bonds. The van der Waals surface area contributed by atoms with E-state index in [1.807, 2.05) is 0 Å². The van der Waals surface area contributed by atoms with Gasteiger partial charge in [0.05, 0.1) is 0 Å². The molecule has 1 atom stereocenters. The van der Waals surface area contributed by atoms with Crippen molar-refractivity contribution >= 4 is 17.9 Å². The van der Waals surface area contributed by atoms with Crippen molar-refractivity contribution in [2.24, 2.45) is 0 Å². The van der Waals surface area contributed by atoms with Gasteiger partial charge in [0.1, 0.15) is 13.2 Å². The van der Waals surface area contributed by atoms with Crippen molar-refractivity contribution < 1.29 is 28.6 Å². The first kappa shape index (κ1) is 59.6. The van der Waals surface area contributed by atoms with Crippen LogP contribution in [-0.4, -0.2) is 37.2 Å². The Balaban J connectivity index is 4.36. The second kappa shape index (κ2) is 51.3. The predicted molar refractivity (Wildman–Crippen MR) is 266 cm³/mol. The number of carbonyl (C=O) groups is 3. The van der Waals surface area contributed by atoms with Crippen LogP contribution in [0.3, 0.4) is 0 Å². The molecule has 6 heteroatoms. The highest BCUT2D eigenvalue weighted by molar-refractivity contribution is 5.71. The van der Waals surface area contributed by atoms with E-state index in [0.29, 0.717) is 19.3 Å². The van der Waals surface area contributed by atoms with E-state index in [2.05, 4.69) is 57.2 Å². The second-order valence-electron chi connectivity index (χ2n) is 18.1. The molecule has 0 heterocycles. The zero-order valence-corrected chi connectivity index (χ0v) is 41.4. The van der Waals surface area contributed by atoms with E-state index >= 15 is 0 Å². The zero-order chi connectivity index (χ0) is 45.1. The van der Waals surface area contributed by atoms with Gasteiger partial charge in [-0.2, -0.15) is 0 Å². The van der Waals surface area contributed by atoms with Gasteiger partial charge in [0.2, 0.25) is 0 Å². The molecule has 0 rings (SSSR count). The summed E-state index contributed by atoms with van der Waals surface area (Å²) in [5.74, 6) is -0.883. The van der Waals surface area contributed by atoms with Crippen LogP contribution in [0.4, 0.5) is 0 Å². The Morgan fingerprint density at radius 1 is 0.323 bits per heavy atom. The Bertz CT molecular complexity index is 1050. The van der Waals surface area contributed by atoms with E-state index in [4.69, 9.17) is 14.2 Å². The molecule has 0 aromatic heterocycles. The minimum Gasteiger partial charge on any atom is -0.462 e. The summed E-state index contributed by atoms with van der Waals surface area (Å²) in [5.41, 5.74) is 0. The summed E-state index contributed by atoms with van der Waals surface area (Å²) in [6.45, 7) is 6.61. The molecule has 0 aliphatic rings. The highest BCUT2D eigenvalue weighted by atomic mass is 16.6. The molecule has 0 spiro atoms. The minimum atomic E-state index is -0.777. The van der Waals surface area contributed by atoms with Crippen LogP contribution in [0.25, 0.3) is 0 Å². The summed E-state index contributed by atoms with van der Waals surface area (Å²) >= 11 is 0. The van der Waals surface area contributed by atoms with E-state index < -0.39 is 6.10 Å². The van der Waals surface area contributed by atoms with E-state index in [1.54, 1.807) is 0 Å². The molecule has 0 unspecified atom stereocenters. The Labute approximate surface area is 385 Å². The molecule has 362 valence electrons. The fourth-order valence-electron chi connectivity index (χ4n) is 7.76. The lowest BCUT2D eigenvalue weighted by molar-refractivity contribution is -0.167. The highest BCUT2D eigenvalue weighted by Crippen LogP contribution is 2.15. The van der Waals surface area contributed by atoms with Crippen molar-refractivity contribution in [3.63, 3.8) is 0 Å². The van der Waals surface area contributed by atoms with Crippen molar-refractivity contribution in [2.45, 2.75) is 290 Å². The van der Waals surface area contributed by atoms with Crippen LogP contribution in [0.2, 0.25) is 0 Å². The molecule has 0 aromatic rings. The normalized spacial score (nSPS) is 12.2. The Morgan fingerprint density at radius 2 is 0.581 bits per heavy atom. The predicted octanol–water partition coefficient (Wildman–Crippen LogP) is 17.7. The summed E-state index contributed by atoms with van der Waals surface area (Å²) in [7, 11) is 0. The number of ether oxygens (including phenoxy) is 3. The number of hydrogen-bond donors (Lipinski definition) is 0. The summed E-state index contributed by atoms with van der Waals surface area (Å²) in [5, 5.41) is 0. The topological polar surface area (TPSA) is 78.9 Å². The van der Waals surface area contributed by atoms with Gasteiger partial charge in [-0.05, 0) is 77.0 Å². The summed E-state index contributed by atoms with van der Waals surface area (Å²) in [6.07, 6.45) is 59.8. The van der Waals surface area contributed by atoms with Crippen molar-refractivity contribution in [3.05, 3.63) is 36.5 Å². The number of esters is 3. The Hall–Kier alpha value is -2.37. The van der Waals surface area contributed by atoms with Gasteiger partial charge in [0, 0.05) is 19.3 Å². The van der Waals surface area contributed by atoms with Gasteiger partial charge in [-0.3, -0.25) is 14.4 Å². The van der Waals surface area contributed by atoms with E-state index in [-0.39, 0.29) is 31.1 Å². The monoisotopic (exact) mass is 871 g/mol. The second-order valence-corrected chi connectivity index (χ2v) is 18.1. The molecule has 0 radical (unpaired) electrons. The summed E-state index contributed by atoms with van der Waals surface area (Å²) in [4.78, 5) is 38.0. The average Bonchev–Trinajstić information content (AvgIpc) is 3.27. The van der Waals surface area contributed by atoms with Gasteiger partial charge >= 0.3 is 17.9 Å². The first-order chi connectivity index (χ1) is 30.5. The smallest absolute Gasteiger partial charge is 0.306 e. The van der Waals surface area contributed by atoms with Crippen molar-refractivity contribution in [1.29, 1.82) is 0 Å². The lowest BCUT2D eigenvalue weighted by Crippen LogP contribution is -2.30. The zero-order valence-electron chi connectivity index (χ0n) is 41.4. The van der Waals surface area contributed by atoms with Crippen LogP contribution in [0.1, 0.15) is 284 Å². The Morgan fingerprint density at radius 3 is 0.935 bits per heavy atom. The minimum absolute atomic E-state index is 0.0762. The quantitative estimate of drug-likeness (QED) is 0.0262. The van der Waals surface area contributed by atoms with Crippen LogP contribution in [0.15, 0.2) is 36.5 Å². The molecule has 0 aliphatic carbocycles. The average molecular weight is 871 g/mol. The fourth-order valence-corrected chi connectivity index (χ4v) is 7.76. The molecule has 0 saturated carbocycles. The molecule has 62 heavy (non-hydrogen) atoms. The molecule has 0 saturated heterocycles. The molecular formula is C56H102O6. The molecule has 0 bridgehead atoms. The third-order valence-corrected chi connectivity index (χ3v) is 11.9. The van der Waals surface area contributed by atoms with Crippen LogP contribution >= 0.6 is 0 Å². The van der Waals surface area contributed by atoms with Crippen LogP contribution in [0, 0.1) is 0 Å². The standard InChI is InChI=1S/C56H102O6/c1-4-7-10-13-16-19-22-25-27-28-30-31-34-37-40-43-46-49-55(58)61-52-53(51-60-54(57)48-45-42-39-36-33-24-21-18-15-12-9-6-3)62-56(59)50-47-44-41-38-35-32-29-26-23-20-17-14-11-8-5-2/h17,20,25-27,29,53H,4-16,18-19,21-24,28,30-52H2,1-3H3/b20-17-,27-25-,29-26-/t53-/m0/s1. The van der Waals surface area contributed by atoms with Gasteiger partial charge in [-0.15, -0.1) is 0 Å². The molecule has 0 fully saturated rings. The van der Waals surface area contributed by atoms with Crippen LogP contribution < -0.4 is 0 Å². The van der Waals surface area contributed by atoms with Gasteiger partial charge < -0.3 is 14.2 Å². The maximum absolute atomic E-state index is 12.8. The van der Waals surface area contributed by atoms with E-state index in [1.165, 1.54) is 161 Å². The molecule has 0 aromatic carbocycles. The van der Waals surface area contributed by atoms with Crippen molar-refractivity contribution in [3.8, 4) is 0 Å². The SMILES string of the molecule is CCCCC/C=C\C/C=C\CCCCCCCC(=O)O[C@H](COC(=O)CCCCCCCCC/C=C\CCCCCCCC)COC(=O)CCCCCCCCCCCCCC. The van der Waals surface area contributed by atoms with E-state index in [0.717, 1.165) is 83.5 Å². The number of allylic oxidation sites excluding steroid dienone is 6. The third kappa shape index (κ3) is 48.7. The molecule has 0 N–H and O–H groups in total. The number of carbonyl (C=O) groups excluding carboxylic acids is 3. The van der Waals surface area contributed by atoms with Crippen molar-refractivity contribution in [1.82, 2.24) is 0 Å². The largest absolute Gasteiger partial charge is 0.462 e. The van der Waals surface area contributed by atoms with Gasteiger partial charge in [-0.1, -0.05) is 224 Å². The maximum atomic E-state index is 12.8. The third-order valence-electron chi connectivity index (χ3n) is 11.9. The first-order valence-corrected chi connectivity index (χ1v) is 27.0. The maximum Gasteiger partial charge on any atom is 0.306 e. The van der Waals surface area contributed by atoms with Crippen LogP contribution in [-0.2, 0) is 28.6 Å². The van der Waals surface area contributed by atoms with E-state index in [9.17, 15) is 14.4 Å².